The number of aromatic nitrogens is 1. The standard InChI is InChI=1S/C27H23N5O3S.ClH/c1-16-8-9-19(23(34)11-16)22-13-20(17-5-3-6-18(12-17)32-27(2,29)15-33)21(14-28)25(30-22)31-26(35)24-7-4-10-36-24;/h3-13,15,32,34H,29H2,1-2H3,(H,30,31,35);1H/t27-;/m0./s1. The maximum Gasteiger partial charge on any atom is 0.266 e. The Morgan fingerprint density at radius 1 is 1.16 bits per heavy atom. The number of aryl methyl sites for hydroxylation is 1. The Hall–Kier alpha value is -4.23. The minimum absolute atomic E-state index is 0. The van der Waals surface area contributed by atoms with Gasteiger partial charge >= 0.3 is 0 Å². The topological polar surface area (TPSA) is 141 Å². The molecule has 5 N–H and O–H groups in total. The highest BCUT2D eigenvalue weighted by molar-refractivity contribution is 7.12. The minimum Gasteiger partial charge on any atom is -0.507 e. The molecule has 0 aliphatic heterocycles. The molecule has 8 nitrogen and oxygen atoms in total. The average Bonchev–Trinajstić information content (AvgIpc) is 3.39. The Labute approximate surface area is 224 Å². The molecule has 0 aliphatic rings. The number of anilines is 2. The molecule has 0 unspecified atom stereocenters. The molecule has 0 bridgehead atoms. The van der Waals surface area contributed by atoms with Crippen molar-refractivity contribution in [1.82, 2.24) is 4.98 Å². The van der Waals surface area contributed by atoms with Crippen molar-refractivity contribution in [3.8, 4) is 34.2 Å². The lowest BCUT2D eigenvalue weighted by Gasteiger charge is -2.21. The third-order valence-electron chi connectivity index (χ3n) is 5.37. The molecule has 2 aromatic carbocycles. The number of phenols is 1. The molecular formula is C27H24ClN5O3S. The number of nitrogens with two attached hydrogens (primary N) is 1. The van der Waals surface area contributed by atoms with Crippen LogP contribution in [0.5, 0.6) is 5.75 Å². The van der Waals surface area contributed by atoms with Crippen LogP contribution < -0.4 is 16.4 Å². The Bertz CT molecular complexity index is 1500. The number of amides is 1. The summed E-state index contributed by atoms with van der Waals surface area (Å²) >= 11 is 1.27. The number of phenolic OH excluding ortho intramolecular Hbond substituents is 1. The van der Waals surface area contributed by atoms with E-state index in [1.165, 1.54) is 18.3 Å². The van der Waals surface area contributed by atoms with Crippen molar-refractivity contribution in [3.63, 3.8) is 0 Å². The van der Waals surface area contributed by atoms with Gasteiger partial charge in [-0.05, 0) is 66.8 Å². The molecule has 4 rings (SSSR count). The van der Waals surface area contributed by atoms with Crippen molar-refractivity contribution in [3.05, 3.63) is 82.0 Å². The number of carbonyl (C=O) groups excluding carboxylic acids is 2. The third kappa shape index (κ3) is 6.13. The molecule has 1 amide bonds. The molecule has 37 heavy (non-hydrogen) atoms. The molecule has 0 fully saturated rings. The van der Waals surface area contributed by atoms with Gasteiger partial charge in [-0.3, -0.25) is 9.59 Å². The van der Waals surface area contributed by atoms with E-state index in [1.54, 1.807) is 60.0 Å². The molecular weight excluding hydrogens is 510 g/mol. The number of nitriles is 1. The molecule has 0 saturated carbocycles. The van der Waals surface area contributed by atoms with Crippen molar-refractivity contribution >= 4 is 47.4 Å². The average molecular weight is 534 g/mol. The first kappa shape index (κ1) is 27.4. The quantitative estimate of drug-likeness (QED) is 0.186. The second-order valence-corrected chi connectivity index (χ2v) is 9.40. The van der Waals surface area contributed by atoms with E-state index in [4.69, 9.17) is 5.73 Å². The second-order valence-electron chi connectivity index (χ2n) is 8.45. The SMILES string of the molecule is Cc1ccc(-c2cc(-c3cccc(N[C@](C)(N)C=O)c3)c(C#N)c(NC(=O)c3cccs3)n2)c(O)c1.Cl. The lowest BCUT2D eigenvalue weighted by Crippen LogP contribution is -2.46. The molecule has 188 valence electrons. The first-order chi connectivity index (χ1) is 17.2. The smallest absolute Gasteiger partial charge is 0.266 e. The van der Waals surface area contributed by atoms with Gasteiger partial charge in [0.2, 0.25) is 0 Å². The van der Waals surface area contributed by atoms with Crippen molar-refractivity contribution in [2.24, 2.45) is 5.73 Å². The molecule has 0 saturated heterocycles. The highest BCUT2D eigenvalue weighted by Gasteiger charge is 2.21. The highest BCUT2D eigenvalue weighted by atomic mass is 35.5. The molecule has 2 aromatic heterocycles. The lowest BCUT2D eigenvalue weighted by atomic mass is 9.97. The second kappa shape index (κ2) is 11.2. The van der Waals surface area contributed by atoms with E-state index in [-0.39, 0.29) is 29.5 Å². The largest absolute Gasteiger partial charge is 0.507 e. The van der Waals surface area contributed by atoms with Crippen molar-refractivity contribution in [2.45, 2.75) is 19.5 Å². The summed E-state index contributed by atoms with van der Waals surface area (Å²) in [6.07, 6.45) is 0.600. The van der Waals surface area contributed by atoms with Crippen LogP contribution in [0.15, 0.2) is 66.0 Å². The number of rotatable bonds is 7. The van der Waals surface area contributed by atoms with Crippen LogP contribution in [0.1, 0.15) is 27.7 Å². The first-order valence-corrected chi connectivity index (χ1v) is 11.8. The third-order valence-corrected chi connectivity index (χ3v) is 6.24. The Morgan fingerprint density at radius 3 is 2.59 bits per heavy atom. The van der Waals surface area contributed by atoms with Crippen LogP contribution in [-0.2, 0) is 4.79 Å². The number of halogens is 1. The molecule has 0 spiro atoms. The van der Waals surface area contributed by atoms with Gasteiger partial charge in [0, 0.05) is 16.8 Å². The van der Waals surface area contributed by atoms with Gasteiger partial charge in [-0.15, -0.1) is 23.7 Å². The summed E-state index contributed by atoms with van der Waals surface area (Å²) < 4.78 is 0. The van der Waals surface area contributed by atoms with Crippen molar-refractivity contribution in [1.29, 1.82) is 5.26 Å². The Balaban J connectivity index is 0.00000380. The summed E-state index contributed by atoms with van der Waals surface area (Å²) in [5.41, 5.74) is 8.16. The molecule has 1 atom stereocenters. The fraction of sp³-hybridized carbons (Fsp3) is 0.111. The van der Waals surface area contributed by atoms with Gasteiger partial charge in [-0.2, -0.15) is 5.26 Å². The monoisotopic (exact) mass is 533 g/mol. The summed E-state index contributed by atoms with van der Waals surface area (Å²) in [5.74, 6) is -0.308. The van der Waals surface area contributed by atoms with Gasteiger partial charge in [0.15, 0.2) is 12.1 Å². The van der Waals surface area contributed by atoms with E-state index >= 15 is 0 Å². The van der Waals surface area contributed by atoms with Gasteiger partial charge in [-0.25, -0.2) is 4.98 Å². The number of nitrogens with zero attached hydrogens (tertiary/aromatic N) is 2. The van der Waals surface area contributed by atoms with E-state index < -0.39 is 11.6 Å². The van der Waals surface area contributed by atoms with Gasteiger partial charge in [0.25, 0.3) is 5.91 Å². The van der Waals surface area contributed by atoms with E-state index in [1.807, 2.05) is 13.0 Å². The van der Waals surface area contributed by atoms with Crippen LogP contribution in [-0.4, -0.2) is 27.9 Å². The summed E-state index contributed by atoms with van der Waals surface area (Å²) in [6.45, 7) is 3.40. The highest BCUT2D eigenvalue weighted by Crippen LogP contribution is 2.36. The zero-order chi connectivity index (χ0) is 25.9. The molecule has 0 aliphatic carbocycles. The summed E-state index contributed by atoms with van der Waals surface area (Å²) in [7, 11) is 0. The number of nitrogens with one attached hydrogen (secondary N) is 2. The zero-order valence-corrected chi connectivity index (χ0v) is 21.6. The van der Waals surface area contributed by atoms with E-state index in [0.717, 1.165) is 5.56 Å². The number of aromatic hydroxyl groups is 1. The zero-order valence-electron chi connectivity index (χ0n) is 20.0. The number of hydrogen-bond donors (Lipinski definition) is 4. The number of carbonyl (C=O) groups is 2. The predicted molar refractivity (Wildman–Crippen MR) is 148 cm³/mol. The van der Waals surface area contributed by atoms with Crippen LogP contribution in [0.4, 0.5) is 11.5 Å². The molecule has 2 heterocycles. The number of pyridine rings is 1. The van der Waals surface area contributed by atoms with Crippen LogP contribution in [0.2, 0.25) is 0 Å². The Kier molecular flexibility index (Phi) is 8.30. The summed E-state index contributed by atoms with van der Waals surface area (Å²) in [6, 6.07) is 19.5. The maximum absolute atomic E-state index is 12.8. The van der Waals surface area contributed by atoms with Gasteiger partial charge in [0.1, 0.15) is 23.0 Å². The van der Waals surface area contributed by atoms with Gasteiger partial charge in [-0.1, -0.05) is 24.3 Å². The predicted octanol–water partition coefficient (Wildman–Crippen LogP) is 5.32. The number of benzene rings is 2. The Morgan fingerprint density at radius 2 is 1.95 bits per heavy atom. The number of thiophene rings is 1. The van der Waals surface area contributed by atoms with E-state index in [0.29, 0.717) is 39.2 Å². The number of aldehydes is 1. The van der Waals surface area contributed by atoms with Crippen LogP contribution in [0.3, 0.4) is 0 Å². The lowest BCUT2D eigenvalue weighted by molar-refractivity contribution is -0.111. The van der Waals surface area contributed by atoms with Crippen molar-refractivity contribution < 1.29 is 14.7 Å². The fourth-order valence-corrected chi connectivity index (χ4v) is 4.27. The minimum atomic E-state index is -1.28. The van der Waals surface area contributed by atoms with Gasteiger partial charge in [0.05, 0.1) is 10.6 Å². The van der Waals surface area contributed by atoms with Crippen LogP contribution >= 0.6 is 23.7 Å². The van der Waals surface area contributed by atoms with Crippen molar-refractivity contribution in [2.75, 3.05) is 10.6 Å². The van der Waals surface area contributed by atoms with E-state index in [2.05, 4.69) is 21.7 Å². The van der Waals surface area contributed by atoms with Crippen LogP contribution in [0.25, 0.3) is 22.4 Å². The fourth-order valence-electron chi connectivity index (χ4n) is 3.65. The summed E-state index contributed by atoms with van der Waals surface area (Å²) in [4.78, 5) is 29.1. The first-order valence-electron chi connectivity index (χ1n) is 10.9. The van der Waals surface area contributed by atoms with Crippen LogP contribution in [0, 0.1) is 18.3 Å². The molecule has 4 aromatic rings. The normalized spacial score (nSPS) is 11.9. The molecule has 10 heteroatoms. The summed E-state index contributed by atoms with van der Waals surface area (Å²) in [5, 5.41) is 28.2. The number of hydrogen-bond acceptors (Lipinski definition) is 8. The maximum atomic E-state index is 12.8. The van der Waals surface area contributed by atoms with E-state index in [9.17, 15) is 20.0 Å². The molecule has 0 radical (unpaired) electrons. The van der Waals surface area contributed by atoms with Gasteiger partial charge < -0.3 is 21.5 Å².